The van der Waals surface area contributed by atoms with Crippen LogP contribution in [-0.2, 0) is 0 Å². The number of fused-ring (bicyclic) bond motifs is 2. The van der Waals surface area contributed by atoms with E-state index in [1.807, 2.05) is 57.2 Å². The molecule has 6 nitrogen and oxygen atoms in total. The van der Waals surface area contributed by atoms with E-state index in [2.05, 4.69) is 4.98 Å². The molecule has 1 aliphatic rings. The summed E-state index contributed by atoms with van der Waals surface area (Å²) in [5.74, 6) is 0.895. The fourth-order valence-corrected chi connectivity index (χ4v) is 4.21. The van der Waals surface area contributed by atoms with Crippen molar-refractivity contribution in [2.24, 2.45) is 0 Å². The first-order valence-corrected chi connectivity index (χ1v) is 11.0. The highest BCUT2D eigenvalue weighted by Crippen LogP contribution is 2.41. The summed E-state index contributed by atoms with van der Waals surface area (Å²) in [4.78, 5) is 33.2. The number of aryl methyl sites for hydroxylation is 2. The third-order valence-corrected chi connectivity index (χ3v) is 5.84. The Morgan fingerprint density at radius 1 is 1.00 bits per heavy atom. The Morgan fingerprint density at radius 2 is 1.76 bits per heavy atom. The van der Waals surface area contributed by atoms with Gasteiger partial charge in [0, 0.05) is 6.20 Å². The maximum absolute atomic E-state index is 13.7. The molecule has 1 aliphatic heterocycles. The molecule has 2 aromatic carbocycles. The van der Waals surface area contributed by atoms with Crippen LogP contribution in [0.2, 0.25) is 0 Å². The van der Waals surface area contributed by atoms with E-state index in [1.165, 1.54) is 0 Å². The molecule has 4 aromatic rings. The van der Waals surface area contributed by atoms with Gasteiger partial charge in [0.05, 0.1) is 23.6 Å². The second-order valence-corrected chi connectivity index (χ2v) is 8.36. The molecule has 0 fully saturated rings. The third kappa shape index (κ3) is 3.57. The SMILES string of the molecule is CCCOc1ccc(C2c3c(oc4ccc(C)cc4c3=O)C(=O)N2c2ccc(C)cn2)cc1. The molecule has 0 bridgehead atoms. The summed E-state index contributed by atoms with van der Waals surface area (Å²) >= 11 is 0. The molecule has 2 aromatic heterocycles. The van der Waals surface area contributed by atoms with Crippen molar-refractivity contribution in [2.45, 2.75) is 33.2 Å². The number of nitrogens with zero attached hydrogens (tertiary/aromatic N) is 2. The van der Waals surface area contributed by atoms with E-state index in [1.54, 1.807) is 29.3 Å². The zero-order valence-corrected chi connectivity index (χ0v) is 18.8. The van der Waals surface area contributed by atoms with E-state index in [-0.39, 0.29) is 17.1 Å². The van der Waals surface area contributed by atoms with Crippen LogP contribution < -0.4 is 15.1 Å². The molecule has 0 saturated heterocycles. The molecule has 0 saturated carbocycles. The Hall–Kier alpha value is -3.93. The molecule has 166 valence electrons. The molecular weight excluding hydrogens is 416 g/mol. The molecule has 0 N–H and O–H groups in total. The van der Waals surface area contributed by atoms with Crippen LogP contribution in [0.1, 0.15) is 52.2 Å². The predicted octanol–water partition coefficient (Wildman–Crippen LogP) is 5.34. The first-order valence-electron chi connectivity index (χ1n) is 11.0. The van der Waals surface area contributed by atoms with Crippen LogP contribution in [0, 0.1) is 13.8 Å². The number of carbonyl (C=O) groups is 1. The van der Waals surface area contributed by atoms with Gasteiger partial charge in [-0.15, -0.1) is 0 Å². The average Bonchev–Trinajstić information content (AvgIpc) is 3.11. The maximum atomic E-state index is 13.7. The average molecular weight is 440 g/mol. The lowest BCUT2D eigenvalue weighted by molar-refractivity contribution is 0.0970. The molecule has 0 spiro atoms. The monoisotopic (exact) mass is 440 g/mol. The van der Waals surface area contributed by atoms with Gasteiger partial charge in [0.25, 0.3) is 5.91 Å². The van der Waals surface area contributed by atoms with Crippen molar-refractivity contribution < 1.29 is 13.9 Å². The van der Waals surface area contributed by atoms with E-state index in [0.717, 1.165) is 28.9 Å². The standard InChI is InChI=1S/C27H24N2O4/c1-4-13-32-19-9-7-18(8-10-19)24-23-25(30)20-14-16(2)5-11-21(20)33-26(23)27(31)29(24)22-12-6-17(3)15-28-22/h5-12,14-15,24H,4,13H2,1-3H3. The van der Waals surface area contributed by atoms with E-state index >= 15 is 0 Å². The van der Waals surface area contributed by atoms with Crippen LogP contribution >= 0.6 is 0 Å². The summed E-state index contributed by atoms with van der Waals surface area (Å²) in [6, 6.07) is 15.9. The first-order chi connectivity index (χ1) is 16.0. The largest absolute Gasteiger partial charge is 0.494 e. The smallest absolute Gasteiger partial charge is 0.296 e. The number of aromatic nitrogens is 1. The topological polar surface area (TPSA) is 72.6 Å². The zero-order chi connectivity index (χ0) is 23.1. The minimum absolute atomic E-state index is 0.0648. The predicted molar refractivity (Wildman–Crippen MR) is 127 cm³/mol. The Balaban J connectivity index is 1.72. The number of anilines is 1. The van der Waals surface area contributed by atoms with Crippen molar-refractivity contribution in [1.82, 2.24) is 4.98 Å². The Bertz CT molecular complexity index is 1410. The molecule has 0 radical (unpaired) electrons. The van der Waals surface area contributed by atoms with Crippen molar-refractivity contribution >= 4 is 22.7 Å². The maximum Gasteiger partial charge on any atom is 0.296 e. The van der Waals surface area contributed by atoms with Gasteiger partial charge in [-0.25, -0.2) is 4.98 Å². The lowest BCUT2D eigenvalue weighted by atomic mass is 9.98. The van der Waals surface area contributed by atoms with Crippen molar-refractivity contribution in [1.29, 1.82) is 0 Å². The van der Waals surface area contributed by atoms with Crippen molar-refractivity contribution in [3.63, 3.8) is 0 Å². The summed E-state index contributed by atoms with van der Waals surface area (Å²) in [6.45, 7) is 6.53. The zero-order valence-electron chi connectivity index (χ0n) is 18.8. The van der Waals surface area contributed by atoms with Gasteiger partial charge in [-0.05, 0) is 61.7 Å². The van der Waals surface area contributed by atoms with Crippen molar-refractivity contribution in [3.05, 3.63) is 99.0 Å². The quantitative estimate of drug-likeness (QED) is 0.419. The number of amides is 1. The number of pyridine rings is 1. The highest BCUT2D eigenvalue weighted by atomic mass is 16.5. The van der Waals surface area contributed by atoms with E-state index in [0.29, 0.717) is 29.0 Å². The summed E-state index contributed by atoms with van der Waals surface area (Å²) in [6.07, 6.45) is 2.62. The van der Waals surface area contributed by atoms with E-state index < -0.39 is 6.04 Å². The molecule has 0 aliphatic carbocycles. The highest BCUT2D eigenvalue weighted by Gasteiger charge is 2.44. The summed E-state index contributed by atoms with van der Waals surface area (Å²) < 4.78 is 11.7. The van der Waals surface area contributed by atoms with Gasteiger partial charge in [-0.1, -0.05) is 36.8 Å². The molecule has 1 amide bonds. The Morgan fingerprint density at radius 3 is 2.45 bits per heavy atom. The van der Waals surface area contributed by atoms with Crippen LogP contribution in [0.15, 0.2) is 70.0 Å². The summed E-state index contributed by atoms with van der Waals surface area (Å²) in [5.41, 5.74) is 3.25. The minimum atomic E-state index is -0.649. The number of rotatable bonds is 5. The summed E-state index contributed by atoms with van der Waals surface area (Å²) in [5, 5.41) is 0.466. The number of benzene rings is 2. The van der Waals surface area contributed by atoms with Gasteiger partial charge in [-0.3, -0.25) is 14.5 Å². The summed E-state index contributed by atoms with van der Waals surface area (Å²) in [7, 11) is 0. The van der Waals surface area contributed by atoms with Crippen molar-refractivity contribution in [3.8, 4) is 5.75 Å². The number of hydrogen-bond acceptors (Lipinski definition) is 5. The molecule has 33 heavy (non-hydrogen) atoms. The molecule has 3 heterocycles. The molecule has 1 atom stereocenters. The lowest BCUT2D eigenvalue weighted by Gasteiger charge is -2.24. The van der Waals surface area contributed by atoms with Gasteiger partial charge >= 0.3 is 0 Å². The third-order valence-electron chi connectivity index (χ3n) is 5.84. The number of hydrogen-bond donors (Lipinski definition) is 0. The fourth-order valence-electron chi connectivity index (χ4n) is 4.21. The van der Waals surface area contributed by atoms with E-state index in [9.17, 15) is 9.59 Å². The van der Waals surface area contributed by atoms with Crippen LogP contribution in [-0.4, -0.2) is 17.5 Å². The fraction of sp³-hybridized carbons (Fsp3) is 0.222. The molecule has 1 unspecified atom stereocenters. The second-order valence-electron chi connectivity index (χ2n) is 8.36. The van der Waals surface area contributed by atoms with Gasteiger partial charge in [0.1, 0.15) is 17.2 Å². The normalized spacial score (nSPS) is 15.2. The molecular formula is C27H24N2O4. The van der Waals surface area contributed by atoms with Gasteiger partial charge in [0.2, 0.25) is 5.76 Å². The van der Waals surface area contributed by atoms with E-state index in [4.69, 9.17) is 9.15 Å². The Kier molecular flexibility index (Phi) is 5.21. The molecule has 5 rings (SSSR count). The van der Waals surface area contributed by atoms with Gasteiger partial charge in [-0.2, -0.15) is 0 Å². The number of carbonyl (C=O) groups excluding carboxylic acids is 1. The first kappa shape index (κ1) is 20.9. The number of ether oxygens (including phenoxy) is 1. The minimum Gasteiger partial charge on any atom is -0.494 e. The second kappa shape index (κ2) is 8.20. The molecule has 6 heteroatoms. The Labute approximate surface area is 191 Å². The highest BCUT2D eigenvalue weighted by molar-refractivity contribution is 6.10. The van der Waals surface area contributed by atoms with Crippen LogP contribution in [0.5, 0.6) is 5.75 Å². The van der Waals surface area contributed by atoms with Crippen LogP contribution in [0.3, 0.4) is 0 Å². The van der Waals surface area contributed by atoms with Gasteiger partial charge in [0.15, 0.2) is 5.43 Å². The van der Waals surface area contributed by atoms with Crippen LogP contribution in [0.4, 0.5) is 5.82 Å². The van der Waals surface area contributed by atoms with Crippen LogP contribution in [0.25, 0.3) is 11.0 Å². The van der Waals surface area contributed by atoms with Crippen molar-refractivity contribution in [2.75, 3.05) is 11.5 Å². The van der Waals surface area contributed by atoms with Gasteiger partial charge < -0.3 is 9.15 Å². The lowest BCUT2D eigenvalue weighted by Crippen LogP contribution is -2.30.